The van der Waals surface area contributed by atoms with Crippen LogP contribution in [0.15, 0.2) is 48.5 Å². The largest absolute Gasteiger partial charge is 0.374 e. The molecule has 0 saturated heterocycles. The molecule has 1 aliphatic carbocycles. The average molecular weight is 369 g/mol. The number of benzene rings is 3. The Bertz CT molecular complexity index is 855. The van der Waals surface area contributed by atoms with E-state index in [9.17, 15) is 0 Å². The highest BCUT2D eigenvalue weighted by Gasteiger charge is 2.22. The first-order chi connectivity index (χ1) is 11.3. The molecule has 0 N–H and O–H groups in total. The van der Waals surface area contributed by atoms with Crippen molar-refractivity contribution >= 4 is 37.5 Å². The van der Waals surface area contributed by atoms with Gasteiger partial charge < -0.3 is 4.74 Å². The van der Waals surface area contributed by atoms with Crippen molar-refractivity contribution in [1.82, 2.24) is 0 Å². The van der Waals surface area contributed by atoms with E-state index in [1.54, 1.807) is 0 Å². The van der Waals surface area contributed by atoms with Gasteiger partial charge in [0.1, 0.15) is 0 Å². The summed E-state index contributed by atoms with van der Waals surface area (Å²) in [6.07, 6.45) is 3.91. The molecular weight excluding hydrogens is 348 g/mol. The molecular formula is C21H21BrO. The average Bonchev–Trinajstić information content (AvgIpc) is 2.60. The molecule has 0 fully saturated rings. The number of fused-ring (bicyclic) bond motifs is 5. The molecule has 1 nitrogen and oxygen atoms in total. The Morgan fingerprint density at radius 2 is 1.87 bits per heavy atom. The first kappa shape index (κ1) is 15.2. The van der Waals surface area contributed by atoms with Gasteiger partial charge in [0.25, 0.3) is 0 Å². The molecule has 2 heteroatoms. The Balaban J connectivity index is 1.76. The Labute approximate surface area is 145 Å². The van der Waals surface area contributed by atoms with Gasteiger partial charge in [0.15, 0.2) is 0 Å². The molecule has 0 aliphatic heterocycles. The molecule has 0 aromatic heterocycles. The van der Waals surface area contributed by atoms with Crippen LogP contribution in [0.5, 0.6) is 0 Å². The smallest absolute Gasteiger partial charge is 0.0647 e. The third-order valence-corrected chi connectivity index (χ3v) is 5.85. The van der Waals surface area contributed by atoms with Gasteiger partial charge in [-0.25, -0.2) is 0 Å². The summed E-state index contributed by atoms with van der Waals surface area (Å²) in [5.41, 5.74) is 2.99. The van der Waals surface area contributed by atoms with E-state index < -0.39 is 0 Å². The van der Waals surface area contributed by atoms with Gasteiger partial charge in [0.05, 0.1) is 12.2 Å². The summed E-state index contributed by atoms with van der Waals surface area (Å²) in [4.78, 5) is 0. The lowest BCUT2D eigenvalue weighted by Gasteiger charge is -2.28. The second kappa shape index (κ2) is 6.26. The number of ether oxygens (including phenoxy) is 1. The summed E-state index contributed by atoms with van der Waals surface area (Å²) in [6.45, 7) is 2.14. The van der Waals surface area contributed by atoms with Crippen LogP contribution >= 0.6 is 15.9 Å². The van der Waals surface area contributed by atoms with Gasteiger partial charge in [-0.15, -0.1) is 0 Å². The van der Waals surface area contributed by atoms with Gasteiger partial charge in [-0.05, 0) is 58.9 Å². The van der Waals surface area contributed by atoms with E-state index in [1.165, 1.54) is 32.7 Å². The molecule has 0 amide bonds. The molecule has 3 aromatic rings. The molecule has 4 rings (SSSR count). The van der Waals surface area contributed by atoms with E-state index >= 15 is 0 Å². The van der Waals surface area contributed by atoms with Crippen molar-refractivity contribution in [2.75, 3.05) is 5.33 Å². The van der Waals surface area contributed by atoms with Crippen LogP contribution in [0.25, 0.3) is 21.5 Å². The van der Waals surface area contributed by atoms with E-state index in [0.717, 1.165) is 24.6 Å². The minimum atomic E-state index is 0.283. The lowest BCUT2D eigenvalue weighted by molar-refractivity contribution is 0.00398. The first-order valence-electron chi connectivity index (χ1n) is 8.40. The van der Waals surface area contributed by atoms with Gasteiger partial charge in [-0.2, -0.15) is 0 Å². The van der Waals surface area contributed by atoms with E-state index in [2.05, 4.69) is 71.4 Å². The molecule has 118 valence electrons. The second-order valence-corrected chi connectivity index (χ2v) is 7.20. The van der Waals surface area contributed by atoms with Crippen LogP contribution in [0.1, 0.15) is 24.5 Å². The summed E-state index contributed by atoms with van der Waals surface area (Å²) in [7, 11) is 0. The lowest BCUT2D eigenvalue weighted by atomic mass is 9.85. The molecule has 0 spiro atoms. The van der Waals surface area contributed by atoms with Crippen molar-refractivity contribution in [3.63, 3.8) is 0 Å². The fourth-order valence-electron chi connectivity index (χ4n) is 3.82. The minimum Gasteiger partial charge on any atom is -0.374 e. The van der Waals surface area contributed by atoms with Gasteiger partial charge >= 0.3 is 0 Å². The fraction of sp³-hybridized carbons (Fsp3) is 0.333. The zero-order chi connectivity index (χ0) is 15.8. The standard InChI is InChI=1S/C21H21BrO/c1-14(13-22)23-17-8-11-19-16(12-17)7-10-20-18-5-3-2-4-15(18)6-9-21(19)20/h2-7,9-10,14,17H,8,11-13H2,1H3. The molecule has 0 saturated carbocycles. The third kappa shape index (κ3) is 2.79. The first-order valence-corrected chi connectivity index (χ1v) is 9.52. The van der Waals surface area contributed by atoms with Gasteiger partial charge in [-0.3, -0.25) is 0 Å². The molecule has 0 bridgehead atoms. The summed E-state index contributed by atoms with van der Waals surface area (Å²) < 4.78 is 6.13. The number of aryl methyl sites for hydroxylation is 1. The number of hydrogen-bond acceptors (Lipinski definition) is 1. The molecule has 23 heavy (non-hydrogen) atoms. The van der Waals surface area contributed by atoms with Crippen molar-refractivity contribution in [3.05, 3.63) is 59.7 Å². The monoisotopic (exact) mass is 368 g/mol. The zero-order valence-corrected chi connectivity index (χ0v) is 15.0. The van der Waals surface area contributed by atoms with E-state index in [4.69, 9.17) is 4.74 Å². The molecule has 1 aliphatic rings. The predicted molar refractivity (Wildman–Crippen MR) is 102 cm³/mol. The highest BCUT2D eigenvalue weighted by molar-refractivity contribution is 9.09. The maximum atomic E-state index is 6.13. The van der Waals surface area contributed by atoms with Gasteiger partial charge in [-0.1, -0.05) is 64.5 Å². The molecule has 2 unspecified atom stereocenters. The SMILES string of the molecule is CC(CBr)OC1CCc2c(ccc3c2ccc2ccccc23)C1. The number of hydrogen-bond donors (Lipinski definition) is 0. The van der Waals surface area contributed by atoms with E-state index in [1.807, 2.05) is 0 Å². The maximum Gasteiger partial charge on any atom is 0.0647 e. The van der Waals surface area contributed by atoms with Crippen molar-refractivity contribution in [1.29, 1.82) is 0 Å². The highest BCUT2D eigenvalue weighted by Crippen LogP contribution is 2.34. The Morgan fingerprint density at radius 3 is 2.74 bits per heavy atom. The Morgan fingerprint density at radius 1 is 1.04 bits per heavy atom. The topological polar surface area (TPSA) is 9.23 Å². The Hall–Kier alpha value is -1.38. The van der Waals surface area contributed by atoms with Crippen molar-refractivity contribution in [3.8, 4) is 0 Å². The third-order valence-electron chi connectivity index (χ3n) is 4.94. The van der Waals surface area contributed by atoms with Crippen LogP contribution < -0.4 is 0 Å². The number of halogens is 1. The quantitative estimate of drug-likeness (QED) is 0.428. The number of alkyl halides is 1. The normalized spacial score (nSPS) is 19.0. The molecule has 2 atom stereocenters. The summed E-state index contributed by atoms with van der Waals surface area (Å²) in [6, 6.07) is 17.8. The van der Waals surface area contributed by atoms with Crippen LogP contribution in [0.4, 0.5) is 0 Å². The Kier molecular flexibility index (Phi) is 4.13. The summed E-state index contributed by atoms with van der Waals surface area (Å²) >= 11 is 3.50. The minimum absolute atomic E-state index is 0.283. The van der Waals surface area contributed by atoms with E-state index in [0.29, 0.717) is 6.10 Å². The summed E-state index contributed by atoms with van der Waals surface area (Å²) in [5.74, 6) is 0. The maximum absolute atomic E-state index is 6.13. The van der Waals surface area contributed by atoms with Gasteiger partial charge in [0, 0.05) is 5.33 Å². The summed E-state index contributed by atoms with van der Waals surface area (Å²) in [5, 5.41) is 6.39. The predicted octanol–water partition coefficient (Wildman–Crippen LogP) is 5.65. The van der Waals surface area contributed by atoms with E-state index in [-0.39, 0.29) is 6.10 Å². The van der Waals surface area contributed by atoms with Gasteiger partial charge in [0.2, 0.25) is 0 Å². The van der Waals surface area contributed by atoms with Crippen molar-refractivity contribution in [2.45, 2.75) is 38.4 Å². The lowest BCUT2D eigenvalue weighted by Crippen LogP contribution is -2.27. The second-order valence-electron chi connectivity index (χ2n) is 6.55. The fourth-order valence-corrected chi connectivity index (χ4v) is 3.97. The van der Waals surface area contributed by atoms with Crippen LogP contribution in [0, 0.1) is 0 Å². The highest BCUT2D eigenvalue weighted by atomic mass is 79.9. The van der Waals surface area contributed by atoms with Crippen molar-refractivity contribution in [2.24, 2.45) is 0 Å². The van der Waals surface area contributed by atoms with Crippen LogP contribution in [0.2, 0.25) is 0 Å². The van der Waals surface area contributed by atoms with Crippen LogP contribution in [0.3, 0.4) is 0 Å². The number of rotatable bonds is 3. The molecule has 3 aromatic carbocycles. The van der Waals surface area contributed by atoms with Crippen LogP contribution in [-0.4, -0.2) is 17.5 Å². The molecule has 0 radical (unpaired) electrons. The zero-order valence-electron chi connectivity index (χ0n) is 13.4. The van der Waals surface area contributed by atoms with Crippen molar-refractivity contribution < 1.29 is 4.74 Å². The van der Waals surface area contributed by atoms with Crippen LogP contribution in [-0.2, 0) is 17.6 Å². The molecule has 0 heterocycles.